The summed E-state index contributed by atoms with van der Waals surface area (Å²) in [7, 11) is 0. The predicted octanol–water partition coefficient (Wildman–Crippen LogP) is 3.01. The normalized spacial score (nSPS) is 9.57. The summed E-state index contributed by atoms with van der Waals surface area (Å²) in [5, 5.41) is 8.82. The van der Waals surface area contributed by atoms with Crippen LogP contribution < -0.4 is 0 Å². The van der Waals surface area contributed by atoms with Gasteiger partial charge in [-0.2, -0.15) is 5.26 Å². The molecule has 74 valence electrons. The third-order valence-corrected chi connectivity index (χ3v) is 4.98. The molecule has 0 amide bonds. The average molecular weight is 433 g/mol. The minimum atomic E-state index is -0.346. The van der Waals surface area contributed by atoms with Crippen LogP contribution in [0.4, 0.5) is 0 Å². The van der Waals surface area contributed by atoms with Gasteiger partial charge in [0.1, 0.15) is 10.9 Å². The fraction of sp³-hybridized carbons (Fsp3) is 0.250. The fourth-order valence-corrected chi connectivity index (χ4v) is 4.26. The van der Waals surface area contributed by atoms with Crippen LogP contribution in [0.15, 0.2) is 0 Å². The SMILES string of the molecule is CCOC(=O)c1sc(I)c(C#N)c1I. The van der Waals surface area contributed by atoms with E-state index in [9.17, 15) is 4.79 Å². The van der Waals surface area contributed by atoms with Gasteiger partial charge in [0, 0.05) is 0 Å². The second kappa shape index (κ2) is 5.27. The molecule has 0 bridgehead atoms. The summed E-state index contributed by atoms with van der Waals surface area (Å²) in [6.45, 7) is 2.11. The molecule has 0 aliphatic rings. The molecule has 0 atom stereocenters. The summed E-state index contributed by atoms with van der Waals surface area (Å²) in [4.78, 5) is 11.9. The van der Waals surface area contributed by atoms with Crippen molar-refractivity contribution in [1.82, 2.24) is 0 Å². The van der Waals surface area contributed by atoms with Crippen molar-refractivity contribution in [1.29, 1.82) is 5.26 Å². The maximum atomic E-state index is 11.4. The summed E-state index contributed by atoms with van der Waals surface area (Å²) in [5.41, 5.74) is 0.569. The molecule has 1 aromatic heterocycles. The standard InChI is InChI=1S/C8H5I2NO2S/c1-2-13-8(12)6-5(9)4(3-11)7(10)14-6/h2H2,1H3. The van der Waals surface area contributed by atoms with E-state index in [1.54, 1.807) is 6.92 Å². The Balaban J connectivity index is 3.13. The number of carbonyl (C=O) groups is 1. The van der Waals surface area contributed by atoms with Gasteiger partial charge < -0.3 is 4.74 Å². The van der Waals surface area contributed by atoms with E-state index in [4.69, 9.17) is 10.00 Å². The highest BCUT2D eigenvalue weighted by atomic mass is 127. The molecule has 0 aromatic carbocycles. The molecule has 0 N–H and O–H groups in total. The van der Waals surface area contributed by atoms with Crippen LogP contribution >= 0.6 is 56.5 Å². The van der Waals surface area contributed by atoms with Crippen LogP contribution in [0.1, 0.15) is 22.2 Å². The smallest absolute Gasteiger partial charge is 0.349 e. The van der Waals surface area contributed by atoms with Gasteiger partial charge in [-0.05, 0) is 52.1 Å². The highest BCUT2D eigenvalue weighted by Crippen LogP contribution is 2.31. The first-order valence-corrected chi connectivity index (χ1v) is 6.64. The van der Waals surface area contributed by atoms with E-state index in [0.717, 1.165) is 2.88 Å². The van der Waals surface area contributed by atoms with E-state index in [1.165, 1.54) is 11.3 Å². The van der Waals surface area contributed by atoms with Crippen LogP contribution in [-0.2, 0) is 4.74 Å². The quantitative estimate of drug-likeness (QED) is 0.533. The van der Waals surface area contributed by atoms with Crippen molar-refractivity contribution in [2.75, 3.05) is 6.61 Å². The number of hydrogen-bond donors (Lipinski definition) is 0. The van der Waals surface area contributed by atoms with Crippen LogP contribution in [0.5, 0.6) is 0 Å². The van der Waals surface area contributed by atoms with Gasteiger partial charge in [0.15, 0.2) is 0 Å². The largest absolute Gasteiger partial charge is 0.462 e. The second-order valence-electron chi connectivity index (χ2n) is 2.23. The van der Waals surface area contributed by atoms with Crippen molar-refractivity contribution in [3.63, 3.8) is 0 Å². The first-order valence-electron chi connectivity index (χ1n) is 3.66. The Morgan fingerprint density at radius 1 is 1.64 bits per heavy atom. The molecule has 0 saturated heterocycles. The van der Waals surface area contributed by atoms with Gasteiger partial charge in [-0.1, -0.05) is 0 Å². The number of nitrogens with zero attached hydrogens (tertiary/aromatic N) is 1. The Labute approximate surface area is 113 Å². The van der Waals surface area contributed by atoms with Gasteiger partial charge in [0.2, 0.25) is 0 Å². The number of ether oxygens (including phenoxy) is 1. The first-order chi connectivity index (χ1) is 6.61. The highest BCUT2D eigenvalue weighted by molar-refractivity contribution is 14.1. The van der Waals surface area contributed by atoms with E-state index in [1.807, 2.05) is 22.6 Å². The van der Waals surface area contributed by atoms with Gasteiger partial charge in [-0.3, -0.25) is 0 Å². The van der Waals surface area contributed by atoms with Crippen molar-refractivity contribution in [2.24, 2.45) is 0 Å². The zero-order valence-corrected chi connectivity index (χ0v) is 12.3. The number of halogens is 2. The topological polar surface area (TPSA) is 50.1 Å². The van der Waals surface area contributed by atoms with E-state index < -0.39 is 0 Å². The zero-order valence-electron chi connectivity index (χ0n) is 7.13. The fourth-order valence-electron chi connectivity index (χ4n) is 0.806. The van der Waals surface area contributed by atoms with E-state index in [2.05, 4.69) is 28.7 Å². The lowest BCUT2D eigenvalue weighted by atomic mass is 10.3. The van der Waals surface area contributed by atoms with Crippen LogP contribution in [0.25, 0.3) is 0 Å². The van der Waals surface area contributed by atoms with Crippen molar-refractivity contribution in [2.45, 2.75) is 6.92 Å². The zero-order chi connectivity index (χ0) is 10.7. The van der Waals surface area contributed by atoms with Gasteiger partial charge in [0.25, 0.3) is 0 Å². The van der Waals surface area contributed by atoms with Crippen LogP contribution in [0, 0.1) is 17.8 Å². The van der Waals surface area contributed by atoms with Crippen molar-refractivity contribution >= 4 is 62.5 Å². The summed E-state index contributed by atoms with van der Waals surface area (Å²) >= 11 is 5.35. The van der Waals surface area contributed by atoms with Crippen LogP contribution in [-0.4, -0.2) is 12.6 Å². The number of carbonyl (C=O) groups excluding carboxylic acids is 1. The van der Waals surface area contributed by atoms with Gasteiger partial charge in [-0.25, -0.2) is 4.79 Å². The first kappa shape index (κ1) is 12.2. The molecule has 0 aliphatic heterocycles. The lowest BCUT2D eigenvalue weighted by molar-refractivity contribution is 0.0531. The van der Waals surface area contributed by atoms with E-state index in [0.29, 0.717) is 20.6 Å². The predicted molar refractivity (Wildman–Crippen MR) is 70.4 cm³/mol. The maximum absolute atomic E-state index is 11.4. The molecular formula is C8H5I2NO2S. The molecule has 1 aromatic rings. The number of thiophene rings is 1. The molecule has 0 spiro atoms. The van der Waals surface area contributed by atoms with E-state index >= 15 is 0 Å². The van der Waals surface area contributed by atoms with Crippen molar-refractivity contribution in [3.05, 3.63) is 16.9 Å². The van der Waals surface area contributed by atoms with Gasteiger partial charge >= 0.3 is 5.97 Å². The molecule has 0 saturated carbocycles. The summed E-state index contributed by atoms with van der Waals surface area (Å²) < 4.78 is 6.40. The van der Waals surface area contributed by atoms with Crippen molar-refractivity contribution in [3.8, 4) is 6.07 Å². The summed E-state index contributed by atoms with van der Waals surface area (Å²) in [5.74, 6) is -0.346. The molecule has 0 fully saturated rings. The number of nitriles is 1. The molecule has 6 heteroatoms. The Morgan fingerprint density at radius 3 is 2.71 bits per heavy atom. The molecule has 0 unspecified atom stereocenters. The Kier molecular flexibility index (Phi) is 4.59. The third-order valence-electron chi connectivity index (χ3n) is 1.38. The molecule has 14 heavy (non-hydrogen) atoms. The summed E-state index contributed by atoms with van der Waals surface area (Å²) in [6.07, 6.45) is 0. The Morgan fingerprint density at radius 2 is 2.29 bits per heavy atom. The lowest BCUT2D eigenvalue weighted by Crippen LogP contribution is -2.03. The Bertz CT molecular complexity index is 408. The Hall–Kier alpha value is 0.120. The van der Waals surface area contributed by atoms with Crippen molar-refractivity contribution < 1.29 is 9.53 Å². The highest BCUT2D eigenvalue weighted by Gasteiger charge is 2.20. The molecular weight excluding hydrogens is 428 g/mol. The van der Waals surface area contributed by atoms with Crippen LogP contribution in [0.2, 0.25) is 0 Å². The molecule has 1 heterocycles. The number of hydrogen-bond acceptors (Lipinski definition) is 4. The third kappa shape index (κ3) is 2.38. The van der Waals surface area contributed by atoms with Gasteiger partial charge in [-0.15, -0.1) is 11.3 Å². The number of esters is 1. The monoisotopic (exact) mass is 433 g/mol. The maximum Gasteiger partial charge on any atom is 0.349 e. The molecule has 3 nitrogen and oxygen atoms in total. The minimum absolute atomic E-state index is 0.346. The molecule has 0 radical (unpaired) electrons. The van der Waals surface area contributed by atoms with Gasteiger partial charge in [0.05, 0.1) is 18.6 Å². The number of rotatable bonds is 2. The average Bonchev–Trinajstić information content (AvgIpc) is 2.42. The molecule has 0 aliphatic carbocycles. The van der Waals surface area contributed by atoms with E-state index in [-0.39, 0.29) is 5.97 Å². The molecule has 1 rings (SSSR count). The lowest BCUT2D eigenvalue weighted by Gasteiger charge is -1.98. The minimum Gasteiger partial charge on any atom is -0.462 e. The van der Waals surface area contributed by atoms with Crippen LogP contribution in [0.3, 0.4) is 0 Å². The second-order valence-corrected chi connectivity index (χ2v) is 6.14. The summed E-state index contributed by atoms with van der Waals surface area (Å²) in [6, 6.07) is 2.07.